The second-order valence-corrected chi connectivity index (χ2v) is 9.86. The van der Waals surface area contributed by atoms with Crippen LogP contribution in [0.1, 0.15) is 28.5 Å². The molecule has 0 aliphatic heterocycles. The van der Waals surface area contributed by atoms with Gasteiger partial charge in [-0.05, 0) is 48.4 Å². The normalized spacial score (nSPS) is 10.8. The molecule has 39 heavy (non-hydrogen) atoms. The van der Waals surface area contributed by atoms with Crippen LogP contribution < -0.4 is 18.9 Å². The van der Waals surface area contributed by atoms with E-state index in [1.165, 1.54) is 0 Å². The van der Waals surface area contributed by atoms with Gasteiger partial charge in [-0.25, -0.2) is 4.79 Å². The van der Waals surface area contributed by atoms with Gasteiger partial charge >= 0.3 is 5.97 Å². The lowest BCUT2D eigenvalue weighted by Crippen LogP contribution is -2.12. The number of hydrogen-bond acceptors (Lipinski definition) is 8. The number of fused-ring (bicyclic) bond motifs is 1. The minimum Gasteiger partial charge on any atom is -0.493 e. The molecule has 0 spiro atoms. The summed E-state index contributed by atoms with van der Waals surface area (Å²) in [4.78, 5) is 18.5. The number of rotatable bonds is 11. The second-order valence-electron chi connectivity index (χ2n) is 8.44. The molecule has 9 heteroatoms. The van der Waals surface area contributed by atoms with Crippen molar-refractivity contribution in [2.75, 3.05) is 35.0 Å². The summed E-state index contributed by atoms with van der Waals surface area (Å²) in [6.45, 7) is 2.01. The number of ether oxygens (including phenoxy) is 5. The maximum Gasteiger partial charge on any atom is 0.340 e. The summed E-state index contributed by atoms with van der Waals surface area (Å²) in [5, 5.41) is 1.41. The first kappa shape index (κ1) is 28.4. The summed E-state index contributed by atoms with van der Waals surface area (Å²) >= 11 is 7.69. The molecule has 4 rings (SSSR count). The fraction of sp³-hybridized carbons (Fsp3) is 0.267. The van der Waals surface area contributed by atoms with Crippen LogP contribution in [0.15, 0.2) is 54.6 Å². The van der Waals surface area contributed by atoms with E-state index in [4.69, 9.17) is 40.3 Å². The standard InChI is InChI=1S/C30H30ClNO6S/c1-6-38-30(33)29-23(17-39-16-18-7-10-20(31)11-8-18)32-22-15-27(37-5)26(36-4)14-21(22)28(29)19-9-12-24(34-2)25(13-19)35-3/h7-15H,6,16-17H2,1-5H3. The lowest BCUT2D eigenvalue weighted by Gasteiger charge is -2.19. The number of benzene rings is 3. The Morgan fingerprint density at radius 3 is 2.10 bits per heavy atom. The number of halogens is 1. The third kappa shape index (κ3) is 6.18. The second kappa shape index (κ2) is 13.0. The van der Waals surface area contributed by atoms with E-state index in [0.717, 1.165) is 22.3 Å². The van der Waals surface area contributed by atoms with Gasteiger partial charge in [-0.2, -0.15) is 11.8 Å². The number of nitrogens with zero attached hydrogens (tertiary/aromatic N) is 1. The number of carbonyl (C=O) groups excluding carboxylic acids is 1. The van der Waals surface area contributed by atoms with Gasteiger partial charge in [0.1, 0.15) is 0 Å². The Kier molecular flexibility index (Phi) is 9.43. The zero-order valence-corrected chi connectivity index (χ0v) is 24.1. The van der Waals surface area contributed by atoms with E-state index in [1.807, 2.05) is 54.6 Å². The van der Waals surface area contributed by atoms with Gasteiger partial charge in [0, 0.05) is 33.5 Å². The molecule has 0 atom stereocenters. The minimum absolute atomic E-state index is 0.228. The average molecular weight is 568 g/mol. The molecule has 0 amide bonds. The number of aromatic nitrogens is 1. The van der Waals surface area contributed by atoms with Crippen molar-refractivity contribution in [2.24, 2.45) is 0 Å². The molecule has 4 aromatic rings. The van der Waals surface area contributed by atoms with E-state index in [9.17, 15) is 4.79 Å². The Morgan fingerprint density at radius 2 is 1.46 bits per heavy atom. The quantitative estimate of drug-likeness (QED) is 0.176. The topological polar surface area (TPSA) is 76.1 Å². The van der Waals surface area contributed by atoms with Crippen LogP contribution in [0.4, 0.5) is 0 Å². The summed E-state index contributed by atoms with van der Waals surface area (Å²) in [6, 6.07) is 16.9. The Balaban J connectivity index is 1.94. The molecule has 7 nitrogen and oxygen atoms in total. The SMILES string of the molecule is CCOC(=O)c1c(CSCc2ccc(Cl)cc2)nc2cc(OC)c(OC)cc2c1-c1ccc(OC)c(OC)c1. The van der Waals surface area contributed by atoms with Gasteiger partial charge in [-0.3, -0.25) is 4.98 Å². The maximum absolute atomic E-state index is 13.5. The van der Waals surface area contributed by atoms with Gasteiger partial charge in [0.25, 0.3) is 0 Å². The lowest BCUT2D eigenvalue weighted by molar-refractivity contribution is 0.0526. The van der Waals surface area contributed by atoms with Gasteiger partial charge in [-0.1, -0.05) is 29.8 Å². The highest BCUT2D eigenvalue weighted by molar-refractivity contribution is 7.97. The maximum atomic E-state index is 13.5. The molecule has 204 valence electrons. The Hall–Kier alpha value is -3.62. The highest BCUT2D eigenvalue weighted by Crippen LogP contribution is 2.42. The van der Waals surface area contributed by atoms with Crippen LogP contribution >= 0.6 is 23.4 Å². The molecule has 1 aromatic heterocycles. The van der Waals surface area contributed by atoms with E-state index in [0.29, 0.717) is 56.1 Å². The third-order valence-electron chi connectivity index (χ3n) is 6.14. The van der Waals surface area contributed by atoms with Crippen molar-refractivity contribution in [1.82, 2.24) is 4.98 Å². The smallest absolute Gasteiger partial charge is 0.340 e. The summed E-state index contributed by atoms with van der Waals surface area (Å²) < 4.78 is 27.7. The molecule has 0 aliphatic carbocycles. The first-order valence-electron chi connectivity index (χ1n) is 12.2. The molecule has 0 unspecified atom stereocenters. The molecule has 0 N–H and O–H groups in total. The number of methoxy groups -OCH3 is 4. The molecule has 3 aromatic carbocycles. The molecule has 0 radical (unpaired) electrons. The van der Waals surface area contributed by atoms with Crippen LogP contribution in [0.3, 0.4) is 0 Å². The first-order valence-corrected chi connectivity index (χ1v) is 13.8. The lowest BCUT2D eigenvalue weighted by atomic mass is 9.93. The predicted octanol–water partition coefficient (Wildman–Crippen LogP) is 7.20. The van der Waals surface area contributed by atoms with Crippen molar-refractivity contribution >= 4 is 40.2 Å². The first-order chi connectivity index (χ1) is 18.9. The van der Waals surface area contributed by atoms with Gasteiger partial charge in [0.15, 0.2) is 23.0 Å². The fourth-order valence-corrected chi connectivity index (χ4v) is 5.37. The fourth-order valence-electron chi connectivity index (χ4n) is 4.31. The number of carbonyl (C=O) groups is 1. The Morgan fingerprint density at radius 1 is 0.821 bits per heavy atom. The van der Waals surface area contributed by atoms with E-state index in [2.05, 4.69) is 0 Å². The van der Waals surface area contributed by atoms with Crippen LogP contribution in [-0.4, -0.2) is 46.0 Å². The molecule has 0 bridgehead atoms. The van der Waals surface area contributed by atoms with Crippen LogP contribution in [0.5, 0.6) is 23.0 Å². The van der Waals surface area contributed by atoms with Gasteiger partial charge in [0.2, 0.25) is 0 Å². The van der Waals surface area contributed by atoms with Crippen molar-refractivity contribution in [3.8, 4) is 34.1 Å². The van der Waals surface area contributed by atoms with E-state index in [-0.39, 0.29) is 6.61 Å². The summed E-state index contributed by atoms with van der Waals surface area (Å²) in [6.07, 6.45) is 0. The highest BCUT2D eigenvalue weighted by atomic mass is 35.5. The van der Waals surface area contributed by atoms with Crippen molar-refractivity contribution in [3.05, 3.63) is 76.4 Å². The summed E-state index contributed by atoms with van der Waals surface area (Å²) in [5.74, 6) is 2.92. The monoisotopic (exact) mass is 567 g/mol. The minimum atomic E-state index is -0.450. The van der Waals surface area contributed by atoms with E-state index >= 15 is 0 Å². The number of pyridine rings is 1. The zero-order chi connectivity index (χ0) is 27.9. The Labute approximate surface area is 237 Å². The molecule has 1 heterocycles. The van der Waals surface area contributed by atoms with E-state index in [1.54, 1.807) is 47.1 Å². The van der Waals surface area contributed by atoms with E-state index < -0.39 is 5.97 Å². The summed E-state index contributed by atoms with van der Waals surface area (Å²) in [7, 11) is 6.30. The molecule has 0 saturated carbocycles. The third-order valence-corrected chi connectivity index (χ3v) is 7.40. The number of esters is 1. The molecule has 0 saturated heterocycles. The van der Waals surface area contributed by atoms with Crippen LogP contribution in [0, 0.1) is 0 Å². The average Bonchev–Trinajstić information content (AvgIpc) is 2.96. The number of thioether (sulfide) groups is 1. The van der Waals surface area contributed by atoms with Crippen molar-refractivity contribution in [1.29, 1.82) is 0 Å². The van der Waals surface area contributed by atoms with Gasteiger partial charge in [-0.15, -0.1) is 0 Å². The molecular weight excluding hydrogens is 538 g/mol. The van der Waals surface area contributed by atoms with Crippen LogP contribution in [-0.2, 0) is 16.2 Å². The molecule has 0 aliphatic rings. The van der Waals surface area contributed by atoms with Gasteiger partial charge < -0.3 is 23.7 Å². The molecular formula is C30H30ClNO6S. The van der Waals surface area contributed by atoms with Crippen molar-refractivity contribution in [3.63, 3.8) is 0 Å². The largest absolute Gasteiger partial charge is 0.493 e. The van der Waals surface area contributed by atoms with Gasteiger partial charge in [0.05, 0.1) is 51.8 Å². The Bertz CT molecular complexity index is 1480. The number of hydrogen-bond donors (Lipinski definition) is 0. The highest BCUT2D eigenvalue weighted by Gasteiger charge is 2.25. The predicted molar refractivity (Wildman–Crippen MR) is 156 cm³/mol. The van der Waals surface area contributed by atoms with Crippen LogP contribution in [0.2, 0.25) is 5.02 Å². The summed E-state index contributed by atoms with van der Waals surface area (Å²) in [5.41, 5.74) is 4.20. The van der Waals surface area contributed by atoms with Crippen LogP contribution in [0.25, 0.3) is 22.0 Å². The van der Waals surface area contributed by atoms with Crippen molar-refractivity contribution in [2.45, 2.75) is 18.4 Å². The molecule has 0 fully saturated rings. The zero-order valence-electron chi connectivity index (χ0n) is 22.5. The van der Waals surface area contributed by atoms with Crippen molar-refractivity contribution < 1.29 is 28.5 Å².